The molecule has 31 heavy (non-hydrogen) atoms. The van der Waals surface area contributed by atoms with E-state index in [2.05, 4.69) is 25.8 Å². The topological polar surface area (TPSA) is 54.9 Å². The lowest BCUT2D eigenvalue weighted by Gasteiger charge is -2.40. The number of ether oxygens (including phenoxy) is 2. The minimum absolute atomic E-state index is 0.0199. The molecule has 1 fully saturated rings. The van der Waals surface area contributed by atoms with Gasteiger partial charge < -0.3 is 14.4 Å². The van der Waals surface area contributed by atoms with Gasteiger partial charge in [0, 0.05) is 37.3 Å². The van der Waals surface area contributed by atoms with Crippen molar-refractivity contribution in [2.45, 2.75) is 39.0 Å². The molecule has 1 aromatic carbocycles. The molecule has 2 aliphatic heterocycles. The highest BCUT2D eigenvalue weighted by Gasteiger charge is 2.36. The van der Waals surface area contributed by atoms with Crippen LogP contribution < -0.4 is 4.74 Å². The molecule has 0 saturated carbocycles. The van der Waals surface area contributed by atoms with E-state index in [1.54, 1.807) is 23.1 Å². The van der Waals surface area contributed by atoms with E-state index in [4.69, 9.17) is 21.1 Å². The van der Waals surface area contributed by atoms with Crippen molar-refractivity contribution in [2.24, 2.45) is 0 Å². The van der Waals surface area contributed by atoms with Gasteiger partial charge >= 0.3 is 6.09 Å². The summed E-state index contributed by atoms with van der Waals surface area (Å²) < 4.78 is 26.6. The van der Waals surface area contributed by atoms with Gasteiger partial charge in [0.05, 0.1) is 11.7 Å². The molecule has 0 spiro atoms. The lowest BCUT2D eigenvalue weighted by molar-refractivity contribution is -0.00156. The van der Waals surface area contributed by atoms with Gasteiger partial charge in [-0.25, -0.2) is 14.2 Å². The van der Waals surface area contributed by atoms with Crippen molar-refractivity contribution < 1.29 is 18.7 Å². The van der Waals surface area contributed by atoms with E-state index in [-0.39, 0.29) is 17.2 Å². The average Bonchev–Trinajstić information content (AvgIpc) is 2.90. The zero-order chi connectivity index (χ0) is 22.3. The van der Waals surface area contributed by atoms with Gasteiger partial charge in [0.2, 0.25) is 0 Å². The molecule has 1 unspecified atom stereocenters. The standard InChI is InChI=1S/C22H24BrClFN3O3/c1-22(2,3)31-21(29)28-9-8-27-11-15-19(30-12-13(27)10-28)17(24)18(26-20(15)23)14-6-4-5-7-16(14)25/h4-7,13H,8-12H2,1-3H3. The first kappa shape index (κ1) is 22.3. The minimum atomic E-state index is -0.544. The highest BCUT2D eigenvalue weighted by molar-refractivity contribution is 9.10. The van der Waals surface area contributed by atoms with Gasteiger partial charge in [-0.1, -0.05) is 23.7 Å². The second kappa shape index (κ2) is 8.56. The maximum absolute atomic E-state index is 14.4. The summed E-state index contributed by atoms with van der Waals surface area (Å²) in [5, 5.41) is 0.284. The van der Waals surface area contributed by atoms with Gasteiger partial charge in [0.1, 0.15) is 33.4 Å². The number of pyridine rings is 1. The van der Waals surface area contributed by atoms with Crippen LogP contribution in [0.15, 0.2) is 28.9 Å². The molecule has 1 atom stereocenters. The lowest BCUT2D eigenvalue weighted by Crippen LogP contribution is -2.56. The van der Waals surface area contributed by atoms with Crippen LogP contribution in [0.3, 0.4) is 0 Å². The van der Waals surface area contributed by atoms with Crippen LogP contribution in [0.2, 0.25) is 5.02 Å². The molecule has 0 bridgehead atoms. The molecule has 9 heteroatoms. The van der Waals surface area contributed by atoms with Crippen LogP contribution in [0.1, 0.15) is 26.3 Å². The molecule has 1 saturated heterocycles. The Labute approximate surface area is 194 Å². The quantitative estimate of drug-likeness (QED) is 0.497. The number of nitrogens with zero attached hydrogens (tertiary/aromatic N) is 3. The molecule has 0 N–H and O–H groups in total. The number of rotatable bonds is 1. The highest BCUT2D eigenvalue weighted by Crippen LogP contribution is 2.42. The lowest BCUT2D eigenvalue weighted by atomic mass is 10.1. The Morgan fingerprint density at radius 2 is 2.06 bits per heavy atom. The van der Waals surface area contributed by atoms with Crippen LogP contribution in [0.25, 0.3) is 11.3 Å². The second-order valence-corrected chi connectivity index (χ2v) is 9.84. The molecule has 4 rings (SSSR count). The van der Waals surface area contributed by atoms with Gasteiger partial charge in [-0.15, -0.1) is 0 Å². The summed E-state index contributed by atoms with van der Waals surface area (Å²) in [5.74, 6) is 0.0998. The number of halogens is 3. The van der Waals surface area contributed by atoms with Crippen LogP contribution in [-0.4, -0.2) is 58.8 Å². The highest BCUT2D eigenvalue weighted by atomic mass is 79.9. The van der Waals surface area contributed by atoms with Crippen molar-refractivity contribution >= 4 is 33.6 Å². The maximum Gasteiger partial charge on any atom is 0.410 e. The summed E-state index contributed by atoms with van der Waals surface area (Å²) >= 11 is 10.2. The summed E-state index contributed by atoms with van der Waals surface area (Å²) in [4.78, 5) is 21.0. The van der Waals surface area contributed by atoms with E-state index in [1.807, 2.05) is 20.8 Å². The Morgan fingerprint density at radius 1 is 1.32 bits per heavy atom. The van der Waals surface area contributed by atoms with Crippen LogP contribution in [0.5, 0.6) is 5.75 Å². The van der Waals surface area contributed by atoms with Crippen molar-refractivity contribution in [1.29, 1.82) is 0 Å². The zero-order valence-corrected chi connectivity index (χ0v) is 20.0. The fourth-order valence-corrected chi connectivity index (χ4v) is 4.60. The number of hydrogen-bond acceptors (Lipinski definition) is 5. The fourth-order valence-electron chi connectivity index (χ4n) is 3.80. The molecule has 0 radical (unpaired) electrons. The van der Waals surface area contributed by atoms with Crippen molar-refractivity contribution in [1.82, 2.24) is 14.8 Å². The number of aromatic nitrogens is 1. The van der Waals surface area contributed by atoms with E-state index in [9.17, 15) is 9.18 Å². The minimum Gasteiger partial charge on any atom is -0.490 e. The summed E-state index contributed by atoms with van der Waals surface area (Å²) in [7, 11) is 0. The van der Waals surface area contributed by atoms with Crippen molar-refractivity contribution in [3.8, 4) is 17.0 Å². The summed E-state index contributed by atoms with van der Waals surface area (Å²) in [6.07, 6.45) is -0.323. The van der Waals surface area contributed by atoms with E-state index in [1.165, 1.54) is 6.07 Å². The second-order valence-electron chi connectivity index (χ2n) is 8.71. The zero-order valence-electron chi connectivity index (χ0n) is 17.6. The van der Waals surface area contributed by atoms with Crippen LogP contribution in [0, 0.1) is 5.82 Å². The number of hydrogen-bond donors (Lipinski definition) is 0. The fraction of sp³-hybridized carbons (Fsp3) is 0.455. The Morgan fingerprint density at radius 3 is 2.77 bits per heavy atom. The van der Waals surface area contributed by atoms with Gasteiger partial charge in [-0.2, -0.15) is 0 Å². The molecule has 3 heterocycles. The first-order chi connectivity index (χ1) is 14.6. The van der Waals surface area contributed by atoms with Crippen LogP contribution in [-0.2, 0) is 11.3 Å². The number of carbonyl (C=O) groups excluding carboxylic acids is 1. The summed E-state index contributed by atoms with van der Waals surface area (Å²) in [6.45, 7) is 8.20. The van der Waals surface area contributed by atoms with Gasteiger partial charge in [0.15, 0.2) is 0 Å². The maximum atomic E-state index is 14.4. The van der Waals surface area contributed by atoms with Crippen LogP contribution >= 0.6 is 27.5 Å². The number of piperazine rings is 1. The Balaban J connectivity index is 1.59. The van der Waals surface area contributed by atoms with E-state index in [0.29, 0.717) is 54.4 Å². The molecule has 1 aromatic heterocycles. The molecular formula is C22H24BrClFN3O3. The third-order valence-corrected chi connectivity index (χ3v) is 6.31. The molecular weight excluding hydrogens is 489 g/mol. The molecule has 2 aliphatic rings. The number of amides is 1. The van der Waals surface area contributed by atoms with Crippen molar-refractivity contribution in [2.75, 3.05) is 26.2 Å². The van der Waals surface area contributed by atoms with E-state index in [0.717, 1.165) is 5.56 Å². The molecule has 0 aliphatic carbocycles. The third kappa shape index (κ3) is 4.66. The predicted octanol–water partition coefficient (Wildman–Crippen LogP) is 5.12. The molecule has 2 aromatic rings. The summed E-state index contributed by atoms with van der Waals surface area (Å²) in [5.41, 5.74) is 0.925. The molecule has 1 amide bonds. The van der Waals surface area contributed by atoms with E-state index < -0.39 is 11.4 Å². The van der Waals surface area contributed by atoms with Crippen molar-refractivity contribution in [3.05, 3.63) is 45.3 Å². The number of benzene rings is 1. The predicted molar refractivity (Wildman–Crippen MR) is 120 cm³/mol. The van der Waals surface area contributed by atoms with Gasteiger partial charge in [0.25, 0.3) is 0 Å². The Kier molecular flexibility index (Phi) is 6.16. The van der Waals surface area contributed by atoms with E-state index >= 15 is 0 Å². The summed E-state index contributed by atoms with van der Waals surface area (Å²) in [6, 6.07) is 6.35. The monoisotopic (exact) mass is 511 g/mol. The normalized spacial score (nSPS) is 19.2. The van der Waals surface area contributed by atoms with Gasteiger partial charge in [-0.3, -0.25) is 4.90 Å². The Bertz CT molecular complexity index is 1010. The first-order valence-electron chi connectivity index (χ1n) is 10.1. The average molecular weight is 513 g/mol. The SMILES string of the molecule is CC(C)(C)OC(=O)N1CCN2Cc3c(Br)nc(-c4ccccc4F)c(Cl)c3OCC2C1. The van der Waals surface area contributed by atoms with Crippen LogP contribution in [0.4, 0.5) is 9.18 Å². The van der Waals surface area contributed by atoms with Crippen molar-refractivity contribution in [3.63, 3.8) is 0 Å². The molecule has 166 valence electrons. The Hall–Kier alpha value is -1.90. The number of carbonyl (C=O) groups is 1. The largest absolute Gasteiger partial charge is 0.490 e. The smallest absolute Gasteiger partial charge is 0.410 e. The third-order valence-electron chi connectivity index (χ3n) is 5.31. The molecule has 6 nitrogen and oxygen atoms in total. The van der Waals surface area contributed by atoms with Gasteiger partial charge in [-0.05, 0) is 48.8 Å². The first-order valence-corrected chi connectivity index (χ1v) is 11.3. The number of fused-ring (bicyclic) bond motifs is 2.